The first-order valence-corrected chi connectivity index (χ1v) is 4.66. The maximum absolute atomic E-state index is 10.7. The molecule has 0 spiro atoms. The lowest BCUT2D eigenvalue weighted by molar-refractivity contribution is -0.132. The van der Waals surface area contributed by atoms with Crippen molar-refractivity contribution in [3.63, 3.8) is 0 Å². The molecule has 0 aliphatic heterocycles. The van der Waals surface area contributed by atoms with Crippen molar-refractivity contribution >= 4 is 22.9 Å². The largest absolute Gasteiger partial charge is 0.478 e. The van der Waals surface area contributed by atoms with Gasteiger partial charge in [0.25, 0.3) is 0 Å². The molecule has 0 atom stereocenters. The van der Waals surface area contributed by atoms with E-state index >= 15 is 0 Å². The first-order chi connectivity index (χ1) is 7.18. The minimum atomic E-state index is -0.887. The zero-order valence-corrected chi connectivity index (χ0v) is 8.32. The van der Waals surface area contributed by atoms with Crippen molar-refractivity contribution in [3.8, 4) is 0 Å². The molecule has 1 aromatic carbocycles. The average Bonchev–Trinajstić information content (AvgIpc) is 2.66. The number of carboxylic acid groups (broad SMARTS) is 1. The average molecular weight is 201 g/mol. The van der Waals surface area contributed by atoms with Crippen LogP contribution in [-0.4, -0.2) is 16.1 Å². The van der Waals surface area contributed by atoms with Crippen LogP contribution < -0.4 is 0 Å². The molecule has 0 fully saturated rings. The van der Waals surface area contributed by atoms with E-state index in [0.29, 0.717) is 5.57 Å². The fourth-order valence-electron chi connectivity index (χ4n) is 1.53. The highest BCUT2D eigenvalue weighted by Gasteiger charge is 2.03. The molecule has 0 aliphatic carbocycles. The van der Waals surface area contributed by atoms with Gasteiger partial charge in [-0.1, -0.05) is 12.1 Å². The highest BCUT2D eigenvalue weighted by molar-refractivity contribution is 5.96. The van der Waals surface area contributed by atoms with Crippen LogP contribution in [0.2, 0.25) is 0 Å². The highest BCUT2D eigenvalue weighted by atomic mass is 16.4. The second-order valence-corrected chi connectivity index (χ2v) is 3.42. The number of aliphatic carboxylic acids is 1. The molecular weight excluding hydrogens is 190 g/mol. The summed E-state index contributed by atoms with van der Waals surface area (Å²) in [7, 11) is 0. The maximum atomic E-state index is 10.7. The van der Waals surface area contributed by atoms with Crippen LogP contribution in [0.15, 0.2) is 36.0 Å². The van der Waals surface area contributed by atoms with Gasteiger partial charge in [-0.05, 0) is 30.7 Å². The smallest absolute Gasteiger partial charge is 0.331 e. The third-order valence-corrected chi connectivity index (χ3v) is 2.34. The predicted octanol–water partition coefficient (Wildman–Crippen LogP) is 2.66. The second-order valence-electron chi connectivity index (χ2n) is 3.42. The SMILES string of the molecule is CC(=Cc1cccc2[nH]ccc12)C(=O)O. The van der Waals surface area contributed by atoms with Gasteiger partial charge < -0.3 is 10.1 Å². The van der Waals surface area contributed by atoms with Crippen molar-refractivity contribution < 1.29 is 9.90 Å². The summed E-state index contributed by atoms with van der Waals surface area (Å²) in [5.41, 5.74) is 2.28. The summed E-state index contributed by atoms with van der Waals surface area (Å²) >= 11 is 0. The van der Waals surface area contributed by atoms with E-state index in [2.05, 4.69) is 4.98 Å². The van der Waals surface area contributed by atoms with Gasteiger partial charge in [0, 0.05) is 22.7 Å². The van der Waals surface area contributed by atoms with Crippen molar-refractivity contribution in [2.24, 2.45) is 0 Å². The van der Waals surface area contributed by atoms with Crippen molar-refractivity contribution in [2.75, 3.05) is 0 Å². The predicted molar refractivity (Wildman–Crippen MR) is 59.6 cm³/mol. The molecule has 1 heterocycles. The van der Waals surface area contributed by atoms with Gasteiger partial charge in [-0.15, -0.1) is 0 Å². The summed E-state index contributed by atoms with van der Waals surface area (Å²) in [6.07, 6.45) is 3.52. The van der Waals surface area contributed by atoms with Gasteiger partial charge >= 0.3 is 5.97 Å². The number of nitrogens with one attached hydrogen (secondary N) is 1. The van der Waals surface area contributed by atoms with E-state index in [1.165, 1.54) is 0 Å². The Bertz CT molecular complexity index is 537. The first-order valence-electron chi connectivity index (χ1n) is 4.66. The maximum Gasteiger partial charge on any atom is 0.331 e. The molecule has 0 amide bonds. The third kappa shape index (κ3) is 1.76. The van der Waals surface area contributed by atoms with Gasteiger partial charge in [0.15, 0.2) is 0 Å². The Balaban J connectivity index is 2.57. The fourth-order valence-corrected chi connectivity index (χ4v) is 1.53. The Morgan fingerprint density at radius 3 is 2.93 bits per heavy atom. The van der Waals surface area contributed by atoms with E-state index in [1.54, 1.807) is 13.0 Å². The van der Waals surface area contributed by atoms with Crippen LogP contribution in [0.4, 0.5) is 0 Å². The second kappa shape index (κ2) is 3.61. The third-order valence-electron chi connectivity index (χ3n) is 2.34. The molecule has 2 aromatic rings. The fraction of sp³-hybridized carbons (Fsp3) is 0.0833. The minimum absolute atomic E-state index is 0.337. The summed E-state index contributed by atoms with van der Waals surface area (Å²) in [5, 5.41) is 9.83. The molecule has 0 radical (unpaired) electrons. The number of fused-ring (bicyclic) bond motifs is 1. The summed E-state index contributed by atoms with van der Waals surface area (Å²) in [5.74, 6) is -0.887. The van der Waals surface area contributed by atoms with Crippen LogP contribution in [0.1, 0.15) is 12.5 Å². The Morgan fingerprint density at radius 1 is 1.40 bits per heavy atom. The molecule has 3 heteroatoms. The monoisotopic (exact) mass is 201 g/mol. The van der Waals surface area contributed by atoms with Crippen molar-refractivity contribution in [3.05, 3.63) is 41.6 Å². The van der Waals surface area contributed by atoms with Crippen LogP contribution in [0.5, 0.6) is 0 Å². The lowest BCUT2D eigenvalue weighted by atomic mass is 10.1. The van der Waals surface area contributed by atoms with Crippen molar-refractivity contribution in [1.82, 2.24) is 4.98 Å². The standard InChI is InChI=1S/C12H11NO2/c1-8(12(14)15)7-9-3-2-4-11-10(9)5-6-13-11/h2-7,13H,1H3,(H,14,15). The number of aromatic amines is 1. The molecular formula is C12H11NO2. The Morgan fingerprint density at radius 2 is 2.20 bits per heavy atom. The molecule has 2 N–H and O–H groups in total. The zero-order valence-electron chi connectivity index (χ0n) is 8.32. The van der Waals surface area contributed by atoms with Crippen LogP contribution in [0.3, 0.4) is 0 Å². The van der Waals surface area contributed by atoms with Gasteiger partial charge in [-0.3, -0.25) is 0 Å². The highest BCUT2D eigenvalue weighted by Crippen LogP contribution is 2.19. The number of benzene rings is 1. The molecule has 0 aliphatic rings. The van der Waals surface area contributed by atoms with Crippen molar-refractivity contribution in [2.45, 2.75) is 6.92 Å². The summed E-state index contributed by atoms with van der Waals surface area (Å²) < 4.78 is 0. The summed E-state index contributed by atoms with van der Waals surface area (Å²) in [6, 6.07) is 7.71. The van der Waals surface area contributed by atoms with E-state index < -0.39 is 5.97 Å². The molecule has 15 heavy (non-hydrogen) atoms. The topological polar surface area (TPSA) is 53.1 Å². The van der Waals surface area contributed by atoms with Crippen LogP contribution in [-0.2, 0) is 4.79 Å². The molecule has 1 aromatic heterocycles. The van der Waals surface area contributed by atoms with Crippen LogP contribution in [0, 0.1) is 0 Å². The molecule has 3 nitrogen and oxygen atoms in total. The number of hydrogen-bond donors (Lipinski definition) is 2. The van der Waals surface area contributed by atoms with E-state index in [4.69, 9.17) is 5.11 Å². The first kappa shape index (κ1) is 9.52. The van der Waals surface area contributed by atoms with Gasteiger partial charge in [-0.2, -0.15) is 0 Å². The molecule has 76 valence electrons. The van der Waals surface area contributed by atoms with Gasteiger partial charge in [0.2, 0.25) is 0 Å². The Labute approximate surface area is 87.0 Å². The van der Waals surface area contributed by atoms with E-state index in [1.807, 2.05) is 30.5 Å². The quantitative estimate of drug-likeness (QED) is 0.734. The minimum Gasteiger partial charge on any atom is -0.478 e. The summed E-state index contributed by atoms with van der Waals surface area (Å²) in [4.78, 5) is 13.8. The number of H-pyrrole nitrogens is 1. The summed E-state index contributed by atoms with van der Waals surface area (Å²) in [6.45, 7) is 1.59. The lowest BCUT2D eigenvalue weighted by Gasteiger charge is -1.98. The van der Waals surface area contributed by atoms with Gasteiger partial charge in [0.1, 0.15) is 0 Å². The van der Waals surface area contributed by atoms with Crippen LogP contribution in [0.25, 0.3) is 17.0 Å². The molecule has 0 bridgehead atoms. The Kier molecular flexibility index (Phi) is 2.29. The molecule has 0 saturated heterocycles. The number of carbonyl (C=O) groups is 1. The number of aromatic nitrogens is 1. The molecule has 2 rings (SSSR count). The molecule has 0 saturated carbocycles. The van der Waals surface area contributed by atoms with E-state index in [0.717, 1.165) is 16.5 Å². The van der Waals surface area contributed by atoms with E-state index in [9.17, 15) is 4.79 Å². The normalized spacial score (nSPS) is 11.9. The zero-order chi connectivity index (χ0) is 10.8. The number of hydrogen-bond acceptors (Lipinski definition) is 1. The van der Waals surface area contributed by atoms with E-state index in [-0.39, 0.29) is 0 Å². The van der Waals surface area contributed by atoms with Crippen molar-refractivity contribution in [1.29, 1.82) is 0 Å². The Hall–Kier alpha value is -2.03. The van der Waals surface area contributed by atoms with Gasteiger partial charge in [0.05, 0.1) is 0 Å². The number of rotatable bonds is 2. The number of carboxylic acids is 1. The molecule has 0 unspecified atom stereocenters. The lowest BCUT2D eigenvalue weighted by Crippen LogP contribution is -1.95. The van der Waals surface area contributed by atoms with Crippen LogP contribution >= 0.6 is 0 Å². The van der Waals surface area contributed by atoms with Gasteiger partial charge in [-0.25, -0.2) is 4.79 Å².